The number of carbonyl (C=O) groups is 2. The van der Waals surface area contributed by atoms with E-state index in [1.54, 1.807) is 18.2 Å². The molecule has 0 radical (unpaired) electrons. The number of fused-ring (bicyclic) bond motifs is 1. The zero-order valence-corrected chi connectivity index (χ0v) is 12.7. The molecule has 1 fully saturated rings. The molecule has 1 amide bonds. The van der Waals surface area contributed by atoms with E-state index in [4.69, 9.17) is 5.11 Å². The standard InChI is InChI=1S/C16H19NO3S/c18-15(9-11-4-7-21-8-5-11)17-6-3-12-10-13(16(19)20)1-2-14(12)17/h1-2,10-11H,3-9H2,(H,19,20). The zero-order chi connectivity index (χ0) is 14.8. The number of benzene rings is 1. The first kappa shape index (κ1) is 14.4. The number of carboxylic acids is 1. The third kappa shape index (κ3) is 3.07. The summed E-state index contributed by atoms with van der Waals surface area (Å²) < 4.78 is 0. The van der Waals surface area contributed by atoms with Gasteiger partial charge >= 0.3 is 5.97 Å². The van der Waals surface area contributed by atoms with Crippen molar-refractivity contribution in [3.05, 3.63) is 29.3 Å². The molecule has 1 aromatic rings. The van der Waals surface area contributed by atoms with E-state index < -0.39 is 5.97 Å². The summed E-state index contributed by atoms with van der Waals surface area (Å²) in [5, 5.41) is 9.02. The van der Waals surface area contributed by atoms with Gasteiger partial charge in [-0.1, -0.05) is 0 Å². The number of carboxylic acid groups (broad SMARTS) is 1. The summed E-state index contributed by atoms with van der Waals surface area (Å²) in [7, 11) is 0. The van der Waals surface area contributed by atoms with Crippen molar-refractivity contribution in [1.82, 2.24) is 0 Å². The average molecular weight is 305 g/mol. The van der Waals surface area contributed by atoms with Gasteiger partial charge in [0, 0.05) is 18.7 Å². The van der Waals surface area contributed by atoms with Gasteiger partial charge in [-0.05, 0) is 60.4 Å². The van der Waals surface area contributed by atoms with Crippen LogP contribution in [0, 0.1) is 5.92 Å². The van der Waals surface area contributed by atoms with E-state index in [1.807, 2.05) is 16.7 Å². The molecule has 21 heavy (non-hydrogen) atoms. The molecule has 1 N–H and O–H groups in total. The van der Waals surface area contributed by atoms with E-state index in [-0.39, 0.29) is 5.91 Å². The molecule has 1 saturated heterocycles. The van der Waals surface area contributed by atoms with Gasteiger partial charge in [0.1, 0.15) is 0 Å². The SMILES string of the molecule is O=C(O)c1ccc2c(c1)CCN2C(=O)CC1CCSCC1. The van der Waals surface area contributed by atoms with Crippen molar-refractivity contribution >= 4 is 29.3 Å². The van der Waals surface area contributed by atoms with Crippen LogP contribution in [-0.4, -0.2) is 35.0 Å². The Morgan fingerprint density at radius 3 is 2.76 bits per heavy atom. The van der Waals surface area contributed by atoms with E-state index in [2.05, 4.69) is 0 Å². The Balaban J connectivity index is 1.71. The molecule has 2 heterocycles. The van der Waals surface area contributed by atoms with Gasteiger partial charge in [0.15, 0.2) is 0 Å². The first-order valence-electron chi connectivity index (χ1n) is 7.39. The highest BCUT2D eigenvalue weighted by atomic mass is 32.2. The molecule has 0 aliphatic carbocycles. The topological polar surface area (TPSA) is 57.6 Å². The van der Waals surface area contributed by atoms with Crippen molar-refractivity contribution < 1.29 is 14.7 Å². The molecule has 0 saturated carbocycles. The average Bonchev–Trinajstić information content (AvgIpc) is 2.91. The predicted molar refractivity (Wildman–Crippen MR) is 84.1 cm³/mol. The second kappa shape index (κ2) is 6.10. The van der Waals surface area contributed by atoms with Crippen molar-refractivity contribution in [2.75, 3.05) is 23.0 Å². The third-order valence-corrected chi connectivity index (χ3v) is 5.38. The second-order valence-electron chi connectivity index (χ2n) is 5.70. The summed E-state index contributed by atoms with van der Waals surface area (Å²) in [6, 6.07) is 5.06. The van der Waals surface area contributed by atoms with Crippen LogP contribution in [-0.2, 0) is 11.2 Å². The number of aromatic carboxylic acids is 1. The predicted octanol–water partition coefficient (Wildman–Crippen LogP) is 2.81. The number of thioether (sulfide) groups is 1. The third-order valence-electron chi connectivity index (χ3n) is 4.33. The first-order chi connectivity index (χ1) is 10.1. The zero-order valence-electron chi connectivity index (χ0n) is 11.9. The molecule has 0 unspecified atom stereocenters. The lowest BCUT2D eigenvalue weighted by Crippen LogP contribution is -2.31. The highest BCUT2D eigenvalue weighted by Crippen LogP contribution is 2.32. The van der Waals surface area contributed by atoms with Gasteiger partial charge in [0.05, 0.1) is 5.56 Å². The van der Waals surface area contributed by atoms with Crippen LogP contribution >= 0.6 is 11.8 Å². The Morgan fingerprint density at radius 2 is 2.05 bits per heavy atom. The number of amides is 1. The highest BCUT2D eigenvalue weighted by molar-refractivity contribution is 7.99. The largest absolute Gasteiger partial charge is 0.478 e. The van der Waals surface area contributed by atoms with Crippen molar-refractivity contribution in [2.45, 2.75) is 25.7 Å². The summed E-state index contributed by atoms with van der Waals surface area (Å²) >= 11 is 1.97. The van der Waals surface area contributed by atoms with Crippen molar-refractivity contribution in [2.24, 2.45) is 5.92 Å². The van der Waals surface area contributed by atoms with E-state index in [9.17, 15) is 9.59 Å². The van der Waals surface area contributed by atoms with Crippen LogP contribution in [0.2, 0.25) is 0 Å². The van der Waals surface area contributed by atoms with Gasteiger partial charge in [-0.15, -0.1) is 0 Å². The fourth-order valence-corrected chi connectivity index (χ4v) is 4.31. The minimum Gasteiger partial charge on any atom is -0.478 e. The number of hydrogen-bond donors (Lipinski definition) is 1. The summed E-state index contributed by atoms with van der Waals surface area (Å²) in [5.74, 6) is 2.12. The van der Waals surface area contributed by atoms with E-state index in [0.717, 1.165) is 42.0 Å². The Morgan fingerprint density at radius 1 is 1.29 bits per heavy atom. The quantitative estimate of drug-likeness (QED) is 0.933. The minimum atomic E-state index is -0.915. The molecule has 2 aliphatic heterocycles. The molecule has 2 aliphatic rings. The Hall–Kier alpha value is -1.49. The highest BCUT2D eigenvalue weighted by Gasteiger charge is 2.27. The minimum absolute atomic E-state index is 0.189. The Labute approximate surface area is 128 Å². The number of hydrogen-bond acceptors (Lipinski definition) is 3. The normalized spacial score (nSPS) is 18.6. The molecule has 1 aromatic carbocycles. The lowest BCUT2D eigenvalue weighted by molar-refractivity contribution is -0.119. The molecular weight excluding hydrogens is 286 g/mol. The van der Waals surface area contributed by atoms with Gasteiger partial charge < -0.3 is 10.0 Å². The smallest absolute Gasteiger partial charge is 0.335 e. The van der Waals surface area contributed by atoms with Gasteiger partial charge in [-0.25, -0.2) is 4.79 Å². The molecule has 0 bridgehead atoms. The summed E-state index contributed by atoms with van der Waals surface area (Å²) in [5.41, 5.74) is 2.17. The van der Waals surface area contributed by atoms with Crippen LogP contribution in [0.4, 0.5) is 5.69 Å². The summed E-state index contributed by atoms with van der Waals surface area (Å²) in [4.78, 5) is 25.3. The van der Waals surface area contributed by atoms with E-state index in [1.165, 1.54) is 0 Å². The van der Waals surface area contributed by atoms with Crippen LogP contribution in [0.1, 0.15) is 35.2 Å². The number of anilines is 1. The lowest BCUT2D eigenvalue weighted by Gasteiger charge is -2.24. The van der Waals surface area contributed by atoms with Crippen molar-refractivity contribution in [3.8, 4) is 0 Å². The molecule has 0 spiro atoms. The van der Waals surface area contributed by atoms with Crippen LogP contribution in [0.25, 0.3) is 0 Å². The van der Waals surface area contributed by atoms with Crippen LogP contribution in [0.5, 0.6) is 0 Å². The van der Waals surface area contributed by atoms with Crippen LogP contribution in [0.15, 0.2) is 18.2 Å². The monoisotopic (exact) mass is 305 g/mol. The van der Waals surface area contributed by atoms with Crippen molar-refractivity contribution in [3.63, 3.8) is 0 Å². The summed E-state index contributed by atoms with van der Waals surface area (Å²) in [6.07, 6.45) is 3.65. The van der Waals surface area contributed by atoms with Crippen LogP contribution < -0.4 is 4.90 Å². The molecular formula is C16H19NO3S. The Bertz CT molecular complexity index is 567. The molecule has 112 valence electrons. The van der Waals surface area contributed by atoms with Crippen LogP contribution in [0.3, 0.4) is 0 Å². The molecule has 3 rings (SSSR count). The van der Waals surface area contributed by atoms with Gasteiger partial charge in [0.25, 0.3) is 0 Å². The molecule has 4 nitrogen and oxygen atoms in total. The van der Waals surface area contributed by atoms with Crippen molar-refractivity contribution in [1.29, 1.82) is 0 Å². The maximum atomic E-state index is 12.5. The van der Waals surface area contributed by atoms with Gasteiger partial charge in [0.2, 0.25) is 5.91 Å². The summed E-state index contributed by atoms with van der Waals surface area (Å²) in [6.45, 7) is 0.679. The van der Waals surface area contributed by atoms with Gasteiger partial charge in [-0.2, -0.15) is 11.8 Å². The fourth-order valence-electron chi connectivity index (χ4n) is 3.10. The van der Waals surface area contributed by atoms with E-state index >= 15 is 0 Å². The van der Waals surface area contributed by atoms with E-state index in [0.29, 0.717) is 24.4 Å². The molecule has 5 heteroatoms. The number of carbonyl (C=O) groups excluding carboxylic acids is 1. The number of nitrogens with zero attached hydrogens (tertiary/aromatic N) is 1. The lowest BCUT2D eigenvalue weighted by atomic mass is 9.98. The maximum Gasteiger partial charge on any atom is 0.335 e. The van der Waals surface area contributed by atoms with Gasteiger partial charge in [-0.3, -0.25) is 4.79 Å². The maximum absolute atomic E-state index is 12.5. The Kier molecular flexibility index (Phi) is 4.19. The fraction of sp³-hybridized carbons (Fsp3) is 0.500. The first-order valence-corrected chi connectivity index (χ1v) is 8.55. The second-order valence-corrected chi connectivity index (χ2v) is 6.93. The number of rotatable bonds is 3. The molecule has 0 aromatic heterocycles. The molecule has 0 atom stereocenters.